The van der Waals surface area contributed by atoms with E-state index in [0.29, 0.717) is 39.4 Å². The zero-order valence-electron chi connectivity index (χ0n) is 21.4. The first-order valence-electron chi connectivity index (χ1n) is 13.0. The van der Waals surface area contributed by atoms with Crippen LogP contribution in [0.5, 0.6) is 11.5 Å². The lowest BCUT2D eigenvalue weighted by molar-refractivity contribution is -0.377. The van der Waals surface area contributed by atoms with Gasteiger partial charge in [0.05, 0.1) is 12.4 Å². The minimum absolute atomic E-state index is 0.0137. The molecule has 1 aromatic heterocycles. The van der Waals surface area contributed by atoms with Gasteiger partial charge >= 0.3 is 12.6 Å². The van der Waals surface area contributed by atoms with Crippen LogP contribution < -0.4 is 14.5 Å². The molecule has 0 radical (unpaired) electrons. The fraction of sp³-hybridized carbons (Fsp3) is 0.538. The van der Waals surface area contributed by atoms with E-state index in [1.54, 1.807) is 0 Å². The van der Waals surface area contributed by atoms with E-state index in [9.17, 15) is 22.0 Å². The van der Waals surface area contributed by atoms with Crippen molar-refractivity contribution in [2.75, 3.05) is 24.7 Å². The van der Waals surface area contributed by atoms with E-state index in [2.05, 4.69) is 9.72 Å². The third-order valence-electron chi connectivity index (χ3n) is 6.92. The summed E-state index contributed by atoms with van der Waals surface area (Å²) in [5.41, 5.74) is 0.918. The van der Waals surface area contributed by atoms with E-state index in [1.807, 2.05) is 0 Å². The second kappa shape index (κ2) is 12.6. The van der Waals surface area contributed by atoms with Gasteiger partial charge in [0.15, 0.2) is 29.3 Å². The highest BCUT2D eigenvalue weighted by Gasteiger charge is 2.43. The zero-order chi connectivity index (χ0) is 28.4. The Hall–Kier alpha value is -1.86. The van der Waals surface area contributed by atoms with Crippen LogP contribution in [0.1, 0.15) is 42.9 Å². The van der Waals surface area contributed by atoms with Gasteiger partial charge < -0.3 is 14.2 Å². The first-order valence-corrected chi connectivity index (χ1v) is 16.4. The second-order valence-corrected chi connectivity index (χ2v) is 14.1. The molecule has 40 heavy (non-hydrogen) atoms. The Balaban J connectivity index is 1.43. The highest BCUT2D eigenvalue weighted by Crippen LogP contribution is 2.39. The molecule has 2 saturated carbocycles. The molecule has 2 aromatic rings. The lowest BCUT2D eigenvalue weighted by Crippen LogP contribution is -2.42. The molecule has 3 aliphatic rings. The minimum atomic E-state index is -3.64. The predicted molar refractivity (Wildman–Crippen MR) is 146 cm³/mol. The van der Waals surface area contributed by atoms with Crippen molar-refractivity contribution in [1.29, 1.82) is 0 Å². The molecule has 0 spiro atoms. The summed E-state index contributed by atoms with van der Waals surface area (Å²) in [4.78, 5) is 16.3. The highest BCUT2D eigenvalue weighted by molar-refractivity contribution is 8.02. The zero-order valence-corrected chi connectivity index (χ0v) is 24.5. The molecule has 3 fully saturated rings. The number of carbonyl (C=O) groups is 1. The van der Waals surface area contributed by atoms with Gasteiger partial charge in [-0.25, -0.2) is 18.2 Å². The largest absolute Gasteiger partial charge is 0.489 e. The number of H-pyrrole nitrogens is 1. The molecule has 14 heteroatoms. The fourth-order valence-corrected chi connectivity index (χ4v) is 8.49. The topological polar surface area (TPSA) is 96.3 Å². The van der Waals surface area contributed by atoms with E-state index >= 15 is 0 Å². The van der Waals surface area contributed by atoms with Gasteiger partial charge in [0.1, 0.15) is 16.1 Å². The molecule has 5 rings (SSSR count). The number of esters is 1. The van der Waals surface area contributed by atoms with Crippen LogP contribution in [0, 0.1) is 11.8 Å². The number of carbonyl (C=O) groups excluding carboxylic acids is 1. The van der Waals surface area contributed by atoms with Crippen molar-refractivity contribution in [2.24, 2.45) is 11.8 Å². The molecule has 218 valence electrons. The van der Waals surface area contributed by atoms with Gasteiger partial charge in [0, 0.05) is 24.3 Å². The molecule has 2 heterocycles. The van der Waals surface area contributed by atoms with Crippen molar-refractivity contribution in [3.05, 3.63) is 51.8 Å². The fourth-order valence-electron chi connectivity index (χ4n) is 4.41. The summed E-state index contributed by atoms with van der Waals surface area (Å²) in [6, 6.07) is 4.33. The molecule has 0 bridgehead atoms. The van der Waals surface area contributed by atoms with E-state index in [-0.39, 0.29) is 36.1 Å². The van der Waals surface area contributed by atoms with Gasteiger partial charge in [0.2, 0.25) is 10.0 Å². The number of aromatic amines is 1. The maximum atomic E-state index is 13.5. The number of alkyl halides is 2. The van der Waals surface area contributed by atoms with Gasteiger partial charge in [-0.3, -0.25) is 0 Å². The number of thioether (sulfide) groups is 1. The number of hydrogen-bond donors (Lipinski definition) is 0. The first-order chi connectivity index (χ1) is 19.1. The van der Waals surface area contributed by atoms with Gasteiger partial charge in [-0.15, -0.1) is 11.8 Å². The molecule has 1 unspecified atom stereocenters. The van der Waals surface area contributed by atoms with Crippen molar-refractivity contribution in [3.63, 3.8) is 0 Å². The summed E-state index contributed by atoms with van der Waals surface area (Å²) in [5, 5.41) is -0.422. The number of rotatable bonds is 13. The third-order valence-corrected chi connectivity index (χ3v) is 10.9. The van der Waals surface area contributed by atoms with Crippen LogP contribution in [-0.2, 0) is 26.0 Å². The monoisotopic (exact) mass is 637 g/mol. The van der Waals surface area contributed by atoms with Gasteiger partial charge in [0.25, 0.3) is 0 Å². The second-order valence-electron chi connectivity index (χ2n) is 10.2. The Morgan fingerprint density at radius 3 is 2.45 bits per heavy atom. The summed E-state index contributed by atoms with van der Waals surface area (Å²) in [5.74, 6) is 0.167. The summed E-state index contributed by atoms with van der Waals surface area (Å²) in [7, 11) is -3.64. The number of hydrogen-bond acceptors (Lipinski definition) is 7. The van der Waals surface area contributed by atoms with Gasteiger partial charge in [-0.2, -0.15) is 13.1 Å². The molecule has 8 nitrogen and oxygen atoms in total. The molecule has 1 N–H and O–H groups in total. The normalized spacial score (nSPS) is 20.5. The predicted octanol–water partition coefficient (Wildman–Crippen LogP) is 5.14. The maximum absolute atomic E-state index is 13.5. The number of pyridine rings is 1. The van der Waals surface area contributed by atoms with Crippen LogP contribution in [0.3, 0.4) is 0 Å². The summed E-state index contributed by atoms with van der Waals surface area (Å²) in [6.45, 7) is -2.50. The van der Waals surface area contributed by atoms with Crippen molar-refractivity contribution in [1.82, 2.24) is 4.31 Å². The van der Waals surface area contributed by atoms with Gasteiger partial charge in [-0.05, 0) is 55.2 Å². The quantitative estimate of drug-likeness (QED) is 0.281. The number of sulfonamides is 1. The van der Waals surface area contributed by atoms with Crippen LogP contribution in [0.2, 0.25) is 10.0 Å². The molecular formula is C26H29Cl2F2N2O6S2+. The van der Waals surface area contributed by atoms with E-state index in [1.165, 1.54) is 46.7 Å². The van der Waals surface area contributed by atoms with Crippen LogP contribution >= 0.6 is 35.0 Å². The molecule has 1 aliphatic heterocycles. The van der Waals surface area contributed by atoms with Crippen molar-refractivity contribution in [2.45, 2.75) is 50.2 Å². The minimum Gasteiger partial charge on any atom is -0.489 e. The standard InChI is InChI=1S/C26H28Cl2F2N2O6S2/c27-19-11-31-12-20(28)18(19)10-22(17-5-6-21(38-26(29)30)23(9-17)36-13-15-1-2-15)37-25(33)24-32(7-8-39-24)40(34,35)14-16-3-4-16/h5-6,9,11-12,15-16,22,24,26H,1-4,7-8,10,13-14H2/p+1/t22-,24?/m0/s1. The molecular weight excluding hydrogens is 609 g/mol. The van der Waals surface area contributed by atoms with E-state index < -0.39 is 34.1 Å². The number of nitrogens with zero attached hydrogens (tertiary/aromatic N) is 1. The molecule has 0 amide bonds. The third kappa shape index (κ3) is 7.50. The van der Waals surface area contributed by atoms with Crippen LogP contribution in [0.4, 0.5) is 8.78 Å². The number of aromatic nitrogens is 1. The Morgan fingerprint density at radius 2 is 1.80 bits per heavy atom. The van der Waals surface area contributed by atoms with E-state index in [0.717, 1.165) is 25.7 Å². The van der Waals surface area contributed by atoms with E-state index in [4.69, 9.17) is 32.7 Å². The van der Waals surface area contributed by atoms with Crippen molar-refractivity contribution in [3.8, 4) is 11.5 Å². The summed E-state index contributed by atoms with van der Waals surface area (Å²) >= 11 is 14.0. The Morgan fingerprint density at radius 1 is 1.10 bits per heavy atom. The van der Waals surface area contributed by atoms with Crippen LogP contribution in [-0.4, -0.2) is 55.3 Å². The molecule has 1 aromatic carbocycles. The first kappa shape index (κ1) is 29.6. The lowest BCUT2D eigenvalue weighted by Gasteiger charge is -2.26. The Bertz CT molecular complexity index is 1320. The smallest absolute Gasteiger partial charge is 0.387 e. The van der Waals surface area contributed by atoms with Crippen molar-refractivity contribution < 1.29 is 41.2 Å². The SMILES string of the molecule is O=C(O[C@@H](Cc1c(Cl)c[nH+]cc1Cl)c1ccc(OC(F)F)c(OCC2CC2)c1)C1SCCN1S(=O)(=O)CC1CC1. The van der Waals surface area contributed by atoms with Crippen molar-refractivity contribution >= 4 is 51.0 Å². The molecule has 2 atom stereocenters. The highest BCUT2D eigenvalue weighted by atomic mass is 35.5. The summed E-state index contributed by atoms with van der Waals surface area (Å²) < 4.78 is 69.8. The number of benzene rings is 1. The molecule has 1 saturated heterocycles. The Kier molecular flexibility index (Phi) is 9.30. The molecule has 2 aliphatic carbocycles. The van der Waals surface area contributed by atoms with Crippen LogP contribution in [0.15, 0.2) is 30.6 Å². The number of ether oxygens (including phenoxy) is 3. The number of halogens is 4. The Labute approximate surface area is 245 Å². The summed E-state index contributed by atoms with van der Waals surface area (Å²) in [6.07, 6.45) is 5.84. The van der Waals surface area contributed by atoms with Crippen LogP contribution in [0.25, 0.3) is 0 Å². The average molecular weight is 639 g/mol. The lowest BCUT2D eigenvalue weighted by atomic mass is 10.0. The maximum Gasteiger partial charge on any atom is 0.387 e. The van der Waals surface area contributed by atoms with Gasteiger partial charge in [-0.1, -0.05) is 29.3 Å². The number of nitrogens with one attached hydrogen (secondary N) is 1. The average Bonchev–Trinajstić information content (AvgIpc) is 3.83.